The Bertz CT molecular complexity index is 1150. The zero-order valence-corrected chi connectivity index (χ0v) is 17.9. The van der Waals surface area contributed by atoms with Crippen molar-refractivity contribution < 1.29 is 22.4 Å². The lowest BCUT2D eigenvalue weighted by Crippen LogP contribution is -2.13. The smallest absolute Gasteiger partial charge is 0.262 e. The topological polar surface area (TPSA) is 104 Å². The summed E-state index contributed by atoms with van der Waals surface area (Å²) in [7, 11) is -3.82. The highest BCUT2D eigenvalue weighted by Crippen LogP contribution is 2.43. The van der Waals surface area contributed by atoms with Crippen LogP contribution in [0.2, 0.25) is 0 Å². The average molecular weight is 436 g/mol. The van der Waals surface area contributed by atoms with E-state index in [1.807, 2.05) is 13.8 Å². The second-order valence-electron chi connectivity index (χ2n) is 6.62. The number of aryl methyl sites for hydroxylation is 2. The number of fused-ring (bicyclic) bond motifs is 1. The summed E-state index contributed by atoms with van der Waals surface area (Å²) in [5.74, 6) is 1.46. The number of rotatable bonds is 6. The lowest BCUT2D eigenvalue weighted by Gasteiger charge is -2.12. The van der Waals surface area contributed by atoms with Gasteiger partial charge in [-0.3, -0.25) is 4.72 Å². The maximum Gasteiger partial charge on any atom is 0.262 e. The van der Waals surface area contributed by atoms with Gasteiger partial charge in [0.15, 0.2) is 5.82 Å². The number of benzene rings is 1. The fraction of sp³-hybridized carbons (Fsp3) is 0.368. The van der Waals surface area contributed by atoms with Crippen molar-refractivity contribution in [2.45, 2.75) is 38.7 Å². The van der Waals surface area contributed by atoms with Gasteiger partial charge in [0.2, 0.25) is 0 Å². The monoisotopic (exact) mass is 435 g/mol. The zero-order chi connectivity index (χ0) is 20.6. The Balaban J connectivity index is 1.74. The van der Waals surface area contributed by atoms with E-state index in [1.165, 1.54) is 17.4 Å². The van der Waals surface area contributed by atoms with Crippen LogP contribution in [0.25, 0.3) is 11.5 Å². The quantitative estimate of drug-likeness (QED) is 0.630. The lowest BCUT2D eigenvalue weighted by molar-refractivity contribution is 0.113. The standard InChI is InChI=1S/C19H21N3O5S2/c1-4-26-15-6-5-13(9-11(15)2)29(23,24)22-19-17(18-20-12(3)21-27-18)14-7-8-25-10-16(14)28-19/h5-6,9,22H,4,7-8,10H2,1-3H3. The van der Waals surface area contributed by atoms with Crippen molar-refractivity contribution in [2.24, 2.45) is 0 Å². The summed E-state index contributed by atoms with van der Waals surface area (Å²) in [6.07, 6.45) is 0.659. The molecule has 2 aromatic heterocycles. The fourth-order valence-electron chi connectivity index (χ4n) is 3.22. The van der Waals surface area contributed by atoms with Crippen molar-refractivity contribution in [3.63, 3.8) is 0 Å². The summed E-state index contributed by atoms with van der Waals surface area (Å²) >= 11 is 1.34. The zero-order valence-electron chi connectivity index (χ0n) is 16.3. The Morgan fingerprint density at radius 3 is 2.83 bits per heavy atom. The number of hydrogen-bond donors (Lipinski definition) is 1. The van der Waals surface area contributed by atoms with Gasteiger partial charge in [-0.2, -0.15) is 4.98 Å². The summed E-state index contributed by atoms with van der Waals surface area (Å²) in [5.41, 5.74) is 2.38. The molecular formula is C19H21N3O5S2. The van der Waals surface area contributed by atoms with Crippen LogP contribution in [0.3, 0.4) is 0 Å². The van der Waals surface area contributed by atoms with Gasteiger partial charge in [-0.15, -0.1) is 11.3 Å². The van der Waals surface area contributed by atoms with Crippen LogP contribution in [-0.2, 0) is 27.8 Å². The largest absolute Gasteiger partial charge is 0.494 e. The van der Waals surface area contributed by atoms with E-state index >= 15 is 0 Å². The Hall–Kier alpha value is -2.43. The lowest BCUT2D eigenvalue weighted by atomic mass is 10.1. The van der Waals surface area contributed by atoms with Crippen LogP contribution in [0.4, 0.5) is 5.00 Å². The van der Waals surface area contributed by atoms with E-state index in [4.69, 9.17) is 14.0 Å². The fourth-order valence-corrected chi connectivity index (χ4v) is 5.78. The Morgan fingerprint density at radius 2 is 2.14 bits per heavy atom. The van der Waals surface area contributed by atoms with Gasteiger partial charge in [0, 0.05) is 4.88 Å². The van der Waals surface area contributed by atoms with Gasteiger partial charge in [0.05, 0.1) is 30.3 Å². The molecule has 1 aliphatic heterocycles. The Kier molecular flexibility index (Phi) is 5.32. The molecule has 1 aliphatic rings. The van der Waals surface area contributed by atoms with Gasteiger partial charge < -0.3 is 14.0 Å². The van der Waals surface area contributed by atoms with E-state index in [1.54, 1.807) is 19.1 Å². The highest BCUT2D eigenvalue weighted by molar-refractivity contribution is 7.93. The van der Waals surface area contributed by atoms with E-state index in [0.717, 1.165) is 16.0 Å². The van der Waals surface area contributed by atoms with Crippen LogP contribution < -0.4 is 9.46 Å². The summed E-state index contributed by atoms with van der Waals surface area (Å²) in [4.78, 5) is 5.43. The van der Waals surface area contributed by atoms with Gasteiger partial charge >= 0.3 is 0 Å². The van der Waals surface area contributed by atoms with E-state index in [9.17, 15) is 8.42 Å². The van der Waals surface area contributed by atoms with Crippen molar-refractivity contribution in [3.05, 3.63) is 40.0 Å². The maximum absolute atomic E-state index is 13.1. The molecule has 1 N–H and O–H groups in total. The third-order valence-corrected chi connectivity index (χ3v) is 7.14. The molecule has 1 aromatic carbocycles. The van der Waals surface area contributed by atoms with Crippen molar-refractivity contribution in [1.82, 2.24) is 10.1 Å². The third-order valence-electron chi connectivity index (χ3n) is 4.55. The first-order valence-corrected chi connectivity index (χ1v) is 11.5. The van der Waals surface area contributed by atoms with Gasteiger partial charge in [0.1, 0.15) is 10.8 Å². The number of nitrogens with zero attached hydrogens (tertiary/aromatic N) is 2. The molecule has 0 fully saturated rings. The highest BCUT2D eigenvalue weighted by atomic mass is 32.2. The molecule has 3 aromatic rings. The minimum atomic E-state index is -3.82. The predicted molar refractivity (Wildman–Crippen MR) is 109 cm³/mol. The minimum absolute atomic E-state index is 0.161. The van der Waals surface area contributed by atoms with Crippen molar-refractivity contribution in [2.75, 3.05) is 17.9 Å². The van der Waals surface area contributed by atoms with Gasteiger partial charge in [-0.1, -0.05) is 5.16 Å². The second kappa shape index (κ2) is 7.77. The number of sulfonamides is 1. The Labute approximate surface area is 172 Å². The van der Waals surface area contributed by atoms with Crippen molar-refractivity contribution in [3.8, 4) is 17.2 Å². The molecule has 0 radical (unpaired) electrons. The molecule has 8 nitrogen and oxygen atoms in total. The van der Waals surface area contributed by atoms with Crippen molar-refractivity contribution >= 4 is 26.4 Å². The molecule has 0 amide bonds. The van der Waals surface area contributed by atoms with Crippen LogP contribution in [-0.4, -0.2) is 31.8 Å². The van der Waals surface area contributed by atoms with E-state index in [0.29, 0.717) is 54.3 Å². The third kappa shape index (κ3) is 3.87. The molecule has 3 heterocycles. The first-order chi connectivity index (χ1) is 13.9. The molecule has 154 valence electrons. The normalized spacial score (nSPS) is 13.9. The molecule has 0 spiro atoms. The maximum atomic E-state index is 13.1. The average Bonchev–Trinajstić information content (AvgIpc) is 3.25. The van der Waals surface area contributed by atoms with Gasteiger partial charge in [-0.05, 0) is 56.5 Å². The second-order valence-corrected chi connectivity index (χ2v) is 9.41. The van der Waals surface area contributed by atoms with Crippen molar-refractivity contribution in [1.29, 1.82) is 0 Å². The van der Waals surface area contributed by atoms with Crippen LogP contribution in [0.15, 0.2) is 27.6 Å². The van der Waals surface area contributed by atoms with Gasteiger partial charge in [-0.25, -0.2) is 8.42 Å². The number of ether oxygens (including phenoxy) is 2. The number of nitrogens with one attached hydrogen (secondary N) is 1. The SMILES string of the molecule is CCOc1ccc(S(=O)(=O)Nc2sc3c(c2-c2nc(C)no2)CCOC3)cc1C. The van der Waals surface area contributed by atoms with Crippen LogP contribution in [0.1, 0.15) is 28.8 Å². The van der Waals surface area contributed by atoms with Gasteiger partial charge in [0.25, 0.3) is 15.9 Å². The molecule has 0 saturated carbocycles. The Morgan fingerprint density at radius 1 is 1.31 bits per heavy atom. The molecular weight excluding hydrogens is 414 g/mol. The summed E-state index contributed by atoms with van der Waals surface area (Å²) in [6.45, 7) is 6.94. The van der Waals surface area contributed by atoms with E-state index in [-0.39, 0.29) is 4.90 Å². The number of aromatic nitrogens is 2. The molecule has 4 rings (SSSR count). The molecule has 10 heteroatoms. The van der Waals surface area contributed by atoms with E-state index < -0.39 is 10.0 Å². The van der Waals surface area contributed by atoms with Crippen LogP contribution in [0, 0.1) is 13.8 Å². The van der Waals surface area contributed by atoms with E-state index in [2.05, 4.69) is 14.9 Å². The number of anilines is 1. The molecule has 0 aliphatic carbocycles. The number of hydrogen-bond acceptors (Lipinski definition) is 8. The molecule has 0 bridgehead atoms. The first kappa shape index (κ1) is 19.9. The molecule has 0 atom stereocenters. The summed E-state index contributed by atoms with van der Waals surface area (Å²) in [6, 6.07) is 4.80. The summed E-state index contributed by atoms with van der Waals surface area (Å²) in [5, 5.41) is 4.31. The van der Waals surface area contributed by atoms with Crippen LogP contribution in [0.5, 0.6) is 5.75 Å². The summed E-state index contributed by atoms with van der Waals surface area (Å²) < 4.78 is 45.3. The number of thiophene rings is 1. The minimum Gasteiger partial charge on any atom is -0.494 e. The van der Waals surface area contributed by atoms with Crippen LogP contribution >= 0.6 is 11.3 Å². The molecule has 0 unspecified atom stereocenters. The first-order valence-electron chi connectivity index (χ1n) is 9.18. The highest BCUT2D eigenvalue weighted by Gasteiger charge is 2.28. The predicted octanol–water partition coefficient (Wildman–Crippen LogP) is 3.69. The molecule has 29 heavy (non-hydrogen) atoms. The molecule has 0 saturated heterocycles.